The lowest BCUT2D eigenvalue weighted by molar-refractivity contribution is 0.423. The molecule has 0 N–H and O–H groups in total. The van der Waals surface area contributed by atoms with E-state index >= 15 is 0 Å². The Hall–Kier alpha value is -2.42. The number of benzene rings is 2. The summed E-state index contributed by atoms with van der Waals surface area (Å²) in [5.74, 6) is 1.02. The second-order valence-electron chi connectivity index (χ2n) is 7.34. The van der Waals surface area contributed by atoms with Gasteiger partial charge < -0.3 is 4.42 Å². The maximum absolute atomic E-state index is 13.1. The van der Waals surface area contributed by atoms with E-state index in [1.165, 1.54) is 11.8 Å². The smallest absolute Gasteiger partial charge is 0.277 e. The quantitative estimate of drug-likeness (QED) is 0.461. The minimum Gasteiger partial charge on any atom is -0.411 e. The Balaban J connectivity index is 1.43. The fourth-order valence-corrected chi connectivity index (χ4v) is 5.61. The fourth-order valence-electron chi connectivity index (χ4n) is 3.47. The highest BCUT2D eigenvalue weighted by atomic mass is 32.2. The predicted molar refractivity (Wildman–Crippen MR) is 123 cm³/mol. The van der Waals surface area contributed by atoms with Crippen molar-refractivity contribution < 1.29 is 12.8 Å². The summed E-state index contributed by atoms with van der Waals surface area (Å²) < 4.78 is 33.5. The van der Waals surface area contributed by atoms with Crippen LogP contribution in [0.4, 0.5) is 0 Å². The molecule has 0 radical (unpaired) electrons. The Labute approximate surface area is 187 Å². The van der Waals surface area contributed by atoms with E-state index in [9.17, 15) is 8.42 Å². The average molecular weight is 456 g/mol. The number of hydrogen-bond donors (Lipinski definition) is 0. The van der Waals surface area contributed by atoms with Gasteiger partial charge >= 0.3 is 0 Å². The molecular formula is C23H25N3O3S2. The molecule has 0 atom stereocenters. The second-order valence-corrected chi connectivity index (χ2v) is 10.3. The zero-order valence-corrected chi connectivity index (χ0v) is 18.8. The first-order valence-electron chi connectivity index (χ1n) is 10.4. The van der Waals surface area contributed by atoms with Gasteiger partial charge in [-0.05, 0) is 36.6 Å². The van der Waals surface area contributed by atoms with Crippen LogP contribution in [0.3, 0.4) is 0 Å². The molecule has 0 unspecified atom stereocenters. The van der Waals surface area contributed by atoms with E-state index in [0.29, 0.717) is 35.5 Å². The molecule has 1 aliphatic heterocycles. The first-order valence-corrected chi connectivity index (χ1v) is 12.8. The number of hydrogen-bond acceptors (Lipinski definition) is 6. The van der Waals surface area contributed by atoms with Crippen LogP contribution in [0.2, 0.25) is 0 Å². The molecule has 3 aromatic rings. The maximum Gasteiger partial charge on any atom is 0.277 e. The first-order chi connectivity index (χ1) is 15.1. The standard InChI is InChI=1S/C23H25N3O3S2/c27-31(28,26-15-6-1-2-7-16-26)21-14-8-13-20(18-21)22-24-25-23(29-22)30-17-9-12-19-10-4-3-5-11-19/h3-5,8-14,18H,1-2,6-7,15-17H2. The van der Waals surface area contributed by atoms with Gasteiger partial charge in [0.1, 0.15) is 0 Å². The van der Waals surface area contributed by atoms with Crippen molar-refractivity contribution >= 4 is 27.9 Å². The van der Waals surface area contributed by atoms with Gasteiger partial charge in [0.2, 0.25) is 15.9 Å². The van der Waals surface area contributed by atoms with Crippen LogP contribution in [0, 0.1) is 0 Å². The zero-order chi connectivity index (χ0) is 21.5. The van der Waals surface area contributed by atoms with E-state index in [1.54, 1.807) is 28.6 Å². The summed E-state index contributed by atoms with van der Waals surface area (Å²) in [4.78, 5) is 0.269. The van der Waals surface area contributed by atoms with Crippen LogP contribution in [0.1, 0.15) is 31.2 Å². The van der Waals surface area contributed by atoms with Crippen LogP contribution >= 0.6 is 11.8 Å². The van der Waals surface area contributed by atoms with Gasteiger partial charge in [-0.15, -0.1) is 10.2 Å². The molecule has 6 nitrogen and oxygen atoms in total. The Bertz CT molecular complexity index is 1120. The van der Waals surface area contributed by atoms with E-state index < -0.39 is 10.0 Å². The minimum absolute atomic E-state index is 0.269. The van der Waals surface area contributed by atoms with E-state index in [-0.39, 0.29) is 4.90 Å². The summed E-state index contributed by atoms with van der Waals surface area (Å²) in [6.07, 6.45) is 8.05. The van der Waals surface area contributed by atoms with Gasteiger partial charge in [-0.2, -0.15) is 4.31 Å². The molecule has 2 heterocycles. The monoisotopic (exact) mass is 455 g/mol. The number of thioether (sulfide) groups is 1. The van der Waals surface area contributed by atoms with Crippen molar-refractivity contribution in [1.82, 2.24) is 14.5 Å². The topological polar surface area (TPSA) is 76.3 Å². The first kappa shape index (κ1) is 21.8. The second kappa shape index (κ2) is 10.3. The molecule has 1 fully saturated rings. The minimum atomic E-state index is -3.52. The Morgan fingerprint density at radius 2 is 1.74 bits per heavy atom. The lowest BCUT2D eigenvalue weighted by atomic mass is 10.2. The molecule has 1 aliphatic rings. The van der Waals surface area contributed by atoms with Gasteiger partial charge in [0, 0.05) is 24.4 Å². The SMILES string of the molecule is O=S(=O)(c1cccc(-c2nnc(SCC=Cc3ccccc3)o2)c1)N1CCCCCC1. The van der Waals surface area contributed by atoms with Crippen molar-refractivity contribution in [1.29, 1.82) is 0 Å². The molecule has 8 heteroatoms. The van der Waals surface area contributed by atoms with Gasteiger partial charge in [-0.3, -0.25) is 0 Å². The van der Waals surface area contributed by atoms with E-state index in [2.05, 4.69) is 10.2 Å². The third kappa shape index (κ3) is 5.64. The maximum atomic E-state index is 13.1. The summed E-state index contributed by atoms with van der Waals surface area (Å²) in [5.41, 5.74) is 1.74. The molecule has 2 aromatic carbocycles. The van der Waals surface area contributed by atoms with Crippen LogP contribution in [0.5, 0.6) is 0 Å². The average Bonchev–Trinajstić information content (AvgIpc) is 3.09. The Kier molecular flexibility index (Phi) is 7.21. The highest BCUT2D eigenvalue weighted by molar-refractivity contribution is 7.99. The molecule has 1 saturated heterocycles. The molecule has 162 valence electrons. The van der Waals surface area contributed by atoms with E-state index in [4.69, 9.17) is 4.42 Å². The molecule has 1 aromatic heterocycles. The molecule has 31 heavy (non-hydrogen) atoms. The predicted octanol–water partition coefficient (Wildman–Crippen LogP) is 5.11. The highest BCUT2D eigenvalue weighted by Gasteiger charge is 2.25. The molecule has 0 saturated carbocycles. The fraction of sp³-hybridized carbons (Fsp3) is 0.304. The van der Waals surface area contributed by atoms with Gasteiger partial charge in [-0.25, -0.2) is 8.42 Å². The van der Waals surface area contributed by atoms with Gasteiger partial charge in [0.05, 0.1) is 4.90 Å². The summed E-state index contributed by atoms with van der Waals surface area (Å²) in [6, 6.07) is 16.8. The zero-order valence-electron chi connectivity index (χ0n) is 17.2. The van der Waals surface area contributed by atoms with Gasteiger partial charge in [0.15, 0.2) is 0 Å². The van der Waals surface area contributed by atoms with Crippen molar-refractivity contribution in [2.24, 2.45) is 0 Å². The summed E-state index contributed by atoms with van der Waals surface area (Å²) in [5, 5.41) is 8.64. The summed E-state index contributed by atoms with van der Waals surface area (Å²) >= 11 is 1.44. The van der Waals surface area contributed by atoms with Crippen molar-refractivity contribution in [3.8, 4) is 11.5 Å². The van der Waals surface area contributed by atoms with Crippen LogP contribution in [-0.2, 0) is 10.0 Å². The van der Waals surface area contributed by atoms with Crippen molar-refractivity contribution in [3.63, 3.8) is 0 Å². The van der Waals surface area contributed by atoms with Gasteiger partial charge in [-0.1, -0.05) is 73.2 Å². The Morgan fingerprint density at radius 3 is 2.52 bits per heavy atom. The molecule has 0 amide bonds. The summed E-state index contributed by atoms with van der Waals surface area (Å²) in [6.45, 7) is 1.15. The Morgan fingerprint density at radius 1 is 0.968 bits per heavy atom. The number of aromatic nitrogens is 2. The highest BCUT2D eigenvalue weighted by Crippen LogP contribution is 2.27. The van der Waals surface area contributed by atoms with E-state index in [0.717, 1.165) is 31.2 Å². The largest absolute Gasteiger partial charge is 0.411 e. The van der Waals surface area contributed by atoms with Crippen LogP contribution in [-0.4, -0.2) is 41.8 Å². The van der Waals surface area contributed by atoms with Crippen LogP contribution in [0.25, 0.3) is 17.5 Å². The number of rotatable bonds is 7. The molecule has 0 spiro atoms. The molecular weight excluding hydrogens is 430 g/mol. The third-order valence-corrected chi connectivity index (χ3v) is 7.77. The normalized spacial score (nSPS) is 15.9. The van der Waals surface area contributed by atoms with Crippen LogP contribution in [0.15, 0.2) is 75.2 Å². The molecule has 0 bridgehead atoms. The van der Waals surface area contributed by atoms with E-state index in [1.807, 2.05) is 42.5 Å². The lowest BCUT2D eigenvalue weighted by Gasteiger charge is -2.20. The third-order valence-electron chi connectivity index (χ3n) is 5.10. The van der Waals surface area contributed by atoms with Crippen molar-refractivity contribution in [2.75, 3.05) is 18.8 Å². The molecule has 4 rings (SSSR count). The van der Waals surface area contributed by atoms with Crippen molar-refractivity contribution in [3.05, 3.63) is 66.2 Å². The number of sulfonamides is 1. The molecule has 0 aliphatic carbocycles. The van der Waals surface area contributed by atoms with Gasteiger partial charge in [0.25, 0.3) is 5.22 Å². The number of nitrogens with zero attached hydrogens (tertiary/aromatic N) is 3. The lowest BCUT2D eigenvalue weighted by Crippen LogP contribution is -2.31. The van der Waals surface area contributed by atoms with Crippen molar-refractivity contribution in [2.45, 2.75) is 35.8 Å². The summed E-state index contributed by atoms with van der Waals surface area (Å²) in [7, 11) is -3.52. The van der Waals surface area contributed by atoms with Crippen LogP contribution < -0.4 is 0 Å².